The van der Waals surface area contributed by atoms with Crippen LogP contribution in [0.15, 0.2) is 12.1 Å². The Hall–Kier alpha value is -2.37. The zero-order valence-electron chi connectivity index (χ0n) is 9.18. The predicted molar refractivity (Wildman–Crippen MR) is 56.4 cm³/mol. The van der Waals surface area contributed by atoms with Crippen LogP contribution in [0.5, 0.6) is 11.5 Å². The molecule has 1 aromatic rings. The second-order valence-electron chi connectivity index (χ2n) is 3.29. The summed E-state index contributed by atoms with van der Waals surface area (Å²) in [5, 5.41) is 18.4. The van der Waals surface area contributed by atoms with Gasteiger partial charge in [0.25, 0.3) is 0 Å². The van der Waals surface area contributed by atoms with E-state index in [2.05, 4.69) is 4.74 Å². The van der Waals surface area contributed by atoms with Crippen molar-refractivity contribution in [2.45, 2.75) is 13.8 Å². The van der Waals surface area contributed by atoms with Gasteiger partial charge in [-0.2, -0.15) is 0 Å². The number of esters is 1. The van der Waals surface area contributed by atoms with E-state index in [1.807, 2.05) is 0 Å². The highest BCUT2D eigenvalue weighted by molar-refractivity contribution is 6.07. The van der Waals surface area contributed by atoms with Crippen LogP contribution in [0, 0.1) is 0 Å². The fourth-order valence-electron chi connectivity index (χ4n) is 1.35. The molecule has 1 aromatic carbocycles. The molecule has 0 radical (unpaired) electrons. The summed E-state index contributed by atoms with van der Waals surface area (Å²) in [7, 11) is 0. The smallest absolute Gasteiger partial charge is 0.336 e. The molecule has 0 atom stereocenters. The molecule has 0 spiro atoms. The van der Waals surface area contributed by atoms with E-state index >= 15 is 0 Å². The second-order valence-corrected chi connectivity index (χ2v) is 3.29. The molecule has 0 aromatic heterocycles. The first-order valence-electron chi connectivity index (χ1n) is 4.63. The third kappa shape index (κ3) is 2.60. The number of phenolic OH excluding ortho intramolecular Hbond substituents is 1. The molecule has 2 N–H and O–H groups in total. The summed E-state index contributed by atoms with van der Waals surface area (Å²) in [6.45, 7) is 2.20. The van der Waals surface area contributed by atoms with Gasteiger partial charge in [0, 0.05) is 6.92 Å². The largest absolute Gasteiger partial charge is 0.504 e. The topological polar surface area (TPSA) is 101 Å². The van der Waals surface area contributed by atoms with Crippen LogP contribution >= 0.6 is 0 Å². The van der Waals surface area contributed by atoms with Crippen molar-refractivity contribution >= 4 is 17.7 Å². The van der Waals surface area contributed by atoms with Gasteiger partial charge < -0.3 is 14.9 Å². The summed E-state index contributed by atoms with van der Waals surface area (Å²) in [6.07, 6.45) is 0. The minimum Gasteiger partial charge on any atom is -0.504 e. The number of ether oxygens (including phenoxy) is 1. The van der Waals surface area contributed by atoms with Crippen molar-refractivity contribution < 1.29 is 29.3 Å². The number of aromatic hydroxyl groups is 1. The molecule has 0 aliphatic heterocycles. The Morgan fingerprint density at radius 2 is 1.76 bits per heavy atom. The normalized spacial score (nSPS) is 9.76. The van der Waals surface area contributed by atoms with Gasteiger partial charge in [-0.1, -0.05) is 0 Å². The summed E-state index contributed by atoms with van der Waals surface area (Å²) in [6, 6.07) is 2.12. The molecular formula is C11H10O6. The number of benzene rings is 1. The Kier molecular flexibility index (Phi) is 3.47. The molecule has 0 aliphatic carbocycles. The predicted octanol–water partition coefficient (Wildman–Crippen LogP) is 1.22. The highest BCUT2D eigenvalue weighted by Crippen LogP contribution is 2.33. The van der Waals surface area contributed by atoms with Crippen LogP contribution in [0.2, 0.25) is 0 Å². The average molecular weight is 238 g/mol. The van der Waals surface area contributed by atoms with Crippen molar-refractivity contribution in [2.75, 3.05) is 0 Å². The van der Waals surface area contributed by atoms with E-state index in [1.165, 1.54) is 0 Å². The van der Waals surface area contributed by atoms with Crippen LogP contribution in [-0.4, -0.2) is 27.9 Å². The maximum atomic E-state index is 11.4. The van der Waals surface area contributed by atoms with Crippen LogP contribution < -0.4 is 4.74 Å². The van der Waals surface area contributed by atoms with E-state index in [9.17, 15) is 19.5 Å². The maximum absolute atomic E-state index is 11.4. The van der Waals surface area contributed by atoms with Crippen molar-refractivity contribution in [2.24, 2.45) is 0 Å². The Balaban J connectivity index is 3.54. The molecule has 1 rings (SSSR count). The van der Waals surface area contributed by atoms with Gasteiger partial charge in [0.1, 0.15) is 0 Å². The van der Waals surface area contributed by atoms with Gasteiger partial charge in [0.2, 0.25) is 0 Å². The number of Topliss-reactive ketones (excluding diaryl/α,β-unsaturated/α-hetero) is 1. The van der Waals surface area contributed by atoms with E-state index in [0.29, 0.717) is 0 Å². The maximum Gasteiger partial charge on any atom is 0.336 e. The molecule has 90 valence electrons. The van der Waals surface area contributed by atoms with Crippen LogP contribution in [-0.2, 0) is 4.79 Å². The van der Waals surface area contributed by atoms with Crippen molar-refractivity contribution in [3.05, 3.63) is 23.3 Å². The van der Waals surface area contributed by atoms with Crippen molar-refractivity contribution in [1.82, 2.24) is 0 Å². The van der Waals surface area contributed by atoms with E-state index in [1.54, 1.807) is 0 Å². The summed E-state index contributed by atoms with van der Waals surface area (Å²) in [5.41, 5.74) is -0.653. The number of carbonyl (C=O) groups is 3. The Bertz CT molecular complexity index is 503. The monoisotopic (exact) mass is 238 g/mol. The first-order valence-corrected chi connectivity index (χ1v) is 4.63. The molecule has 0 saturated carbocycles. The minimum atomic E-state index is -1.34. The molecule has 17 heavy (non-hydrogen) atoms. The molecule has 0 unspecified atom stereocenters. The second kappa shape index (κ2) is 4.65. The molecular weight excluding hydrogens is 228 g/mol. The summed E-state index contributed by atoms with van der Waals surface area (Å²) < 4.78 is 4.66. The van der Waals surface area contributed by atoms with E-state index in [-0.39, 0.29) is 11.1 Å². The summed E-state index contributed by atoms with van der Waals surface area (Å²) in [5.74, 6) is -3.61. The van der Waals surface area contributed by atoms with Gasteiger partial charge >= 0.3 is 11.9 Å². The molecule has 0 amide bonds. The van der Waals surface area contributed by atoms with E-state index in [0.717, 1.165) is 26.0 Å². The number of aromatic carboxylic acids is 1. The van der Waals surface area contributed by atoms with Crippen molar-refractivity contribution in [3.8, 4) is 11.5 Å². The van der Waals surface area contributed by atoms with E-state index < -0.39 is 29.2 Å². The van der Waals surface area contributed by atoms with Crippen molar-refractivity contribution in [3.63, 3.8) is 0 Å². The molecule has 0 bridgehead atoms. The van der Waals surface area contributed by atoms with Crippen molar-refractivity contribution in [1.29, 1.82) is 0 Å². The number of hydrogen-bond acceptors (Lipinski definition) is 5. The number of ketones is 1. The zero-order valence-corrected chi connectivity index (χ0v) is 9.18. The third-order valence-corrected chi connectivity index (χ3v) is 1.97. The summed E-state index contributed by atoms with van der Waals surface area (Å²) in [4.78, 5) is 33.1. The van der Waals surface area contributed by atoms with Gasteiger partial charge in [0.15, 0.2) is 17.3 Å². The number of hydrogen-bond donors (Lipinski definition) is 2. The van der Waals surface area contributed by atoms with Gasteiger partial charge in [-0.25, -0.2) is 4.79 Å². The first-order chi connectivity index (χ1) is 7.84. The van der Waals surface area contributed by atoms with Crippen LogP contribution in [0.1, 0.15) is 34.6 Å². The average Bonchev–Trinajstić information content (AvgIpc) is 2.19. The lowest BCUT2D eigenvalue weighted by molar-refractivity contribution is -0.132. The standard InChI is InChI=1S/C11H10O6/c1-5(12)9-7(11(15)16)3-4-8(14)10(9)17-6(2)13/h3-4,14H,1-2H3,(H,15,16). The molecule has 0 heterocycles. The molecule has 6 heteroatoms. The van der Waals surface area contributed by atoms with Gasteiger partial charge in [0.05, 0.1) is 11.1 Å². The number of rotatable bonds is 3. The van der Waals surface area contributed by atoms with E-state index in [4.69, 9.17) is 5.11 Å². The molecule has 6 nitrogen and oxygen atoms in total. The number of phenols is 1. The fraction of sp³-hybridized carbons (Fsp3) is 0.182. The molecule has 0 aliphatic rings. The number of carboxylic acid groups (broad SMARTS) is 1. The molecule has 0 fully saturated rings. The van der Waals surface area contributed by atoms with Crippen LogP contribution in [0.4, 0.5) is 0 Å². The quantitative estimate of drug-likeness (QED) is 0.466. The lowest BCUT2D eigenvalue weighted by Crippen LogP contribution is -2.11. The highest BCUT2D eigenvalue weighted by Gasteiger charge is 2.23. The Morgan fingerprint density at radius 1 is 1.18 bits per heavy atom. The van der Waals surface area contributed by atoms with Crippen LogP contribution in [0.25, 0.3) is 0 Å². The Labute approximate surface area is 96.4 Å². The lowest BCUT2D eigenvalue weighted by atomic mass is 10.0. The Morgan fingerprint density at radius 3 is 2.18 bits per heavy atom. The fourth-order valence-corrected chi connectivity index (χ4v) is 1.35. The number of carbonyl (C=O) groups excluding carboxylic acids is 2. The minimum absolute atomic E-state index is 0.326. The zero-order chi connectivity index (χ0) is 13.2. The van der Waals surface area contributed by atoms with Gasteiger partial charge in [-0.15, -0.1) is 0 Å². The highest BCUT2D eigenvalue weighted by atomic mass is 16.5. The lowest BCUT2D eigenvalue weighted by Gasteiger charge is -2.10. The third-order valence-electron chi connectivity index (χ3n) is 1.97. The SMILES string of the molecule is CC(=O)Oc1c(O)ccc(C(=O)O)c1C(C)=O. The van der Waals surface area contributed by atoms with Crippen LogP contribution in [0.3, 0.4) is 0 Å². The molecule has 0 saturated heterocycles. The first kappa shape index (κ1) is 12.7. The van der Waals surface area contributed by atoms with Gasteiger partial charge in [-0.05, 0) is 19.1 Å². The number of carboxylic acids is 1. The van der Waals surface area contributed by atoms with Gasteiger partial charge in [-0.3, -0.25) is 9.59 Å². The summed E-state index contributed by atoms with van der Waals surface area (Å²) >= 11 is 0.